The quantitative estimate of drug-likeness (QED) is 0.773. The van der Waals surface area contributed by atoms with Gasteiger partial charge in [0.15, 0.2) is 5.82 Å². The van der Waals surface area contributed by atoms with Crippen molar-refractivity contribution in [2.24, 2.45) is 0 Å². The molecule has 5 heteroatoms. The number of amides is 1. The van der Waals surface area contributed by atoms with E-state index < -0.39 is 0 Å². The molecule has 0 bridgehead atoms. The zero-order valence-corrected chi connectivity index (χ0v) is 10.1. The number of aromatic amines is 1. The van der Waals surface area contributed by atoms with Gasteiger partial charge in [-0.1, -0.05) is 25.5 Å². The largest absolute Gasteiger partial charge is 0.507 e. The minimum absolute atomic E-state index is 0.0423. The van der Waals surface area contributed by atoms with Crippen LogP contribution in [0.2, 0.25) is 0 Å². The number of rotatable bonds is 4. The van der Waals surface area contributed by atoms with Crippen LogP contribution in [-0.4, -0.2) is 21.2 Å². The second-order valence-corrected chi connectivity index (χ2v) is 4.00. The van der Waals surface area contributed by atoms with Gasteiger partial charge in [0.1, 0.15) is 5.75 Å². The number of benzene rings is 1. The number of phenolic OH excluding ortho intramolecular Hbond substituents is 1. The second-order valence-electron chi connectivity index (χ2n) is 4.00. The van der Waals surface area contributed by atoms with Crippen molar-refractivity contribution in [1.82, 2.24) is 10.2 Å². The van der Waals surface area contributed by atoms with Crippen LogP contribution < -0.4 is 5.32 Å². The highest BCUT2D eigenvalue weighted by molar-refractivity contribution is 6.05. The molecule has 0 unspecified atom stereocenters. The standard InChI is InChI=1S/C13H15N3O2/c1-2-5-9-8-12(16-15-9)14-13(18)10-6-3-4-7-11(10)17/h3-4,6-8,17H,2,5H2,1H3,(H2,14,15,16,18). The molecule has 0 aliphatic heterocycles. The van der Waals surface area contributed by atoms with Gasteiger partial charge in [-0.2, -0.15) is 5.10 Å². The maximum Gasteiger partial charge on any atom is 0.260 e. The molecule has 0 radical (unpaired) electrons. The summed E-state index contributed by atoms with van der Waals surface area (Å²) < 4.78 is 0. The summed E-state index contributed by atoms with van der Waals surface area (Å²) in [6.45, 7) is 2.07. The van der Waals surface area contributed by atoms with E-state index in [0.29, 0.717) is 5.82 Å². The van der Waals surface area contributed by atoms with Crippen molar-refractivity contribution < 1.29 is 9.90 Å². The highest BCUT2D eigenvalue weighted by atomic mass is 16.3. The van der Waals surface area contributed by atoms with Crippen molar-refractivity contribution in [2.45, 2.75) is 19.8 Å². The van der Waals surface area contributed by atoms with Gasteiger partial charge in [-0.3, -0.25) is 9.89 Å². The molecule has 18 heavy (non-hydrogen) atoms. The van der Waals surface area contributed by atoms with Crippen molar-refractivity contribution in [1.29, 1.82) is 0 Å². The third-order valence-corrected chi connectivity index (χ3v) is 2.54. The van der Waals surface area contributed by atoms with Gasteiger partial charge in [-0.05, 0) is 18.6 Å². The zero-order valence-electron chi connectivity index (χ0n) is 10.1. The lowest BCUT2D eigenvalue weighted by Gasteiger charge is -2.03. The topological polar surface area (TPSA) is 78.0 Å². The molecule has 2 aromatic rings. The van der Waals surface area contributed by atoms with Crippen molar-refractivity contribution in [2.75, 3.05) is 5.32 Å². The van der Waals surface area contributed by atoms with Crippen molar-refractivity contribution in [3.8, 4) is 5.75 Å². The first-order chi connectivity index (χ1) is 8.70. The average Bonchev–Trinajstić information content (AvgIpc) is 2.77. The van der Waals surface area contributed by atoms with E-state index in [1.807, 2.05) is 0 Å². The predicted octanol–water partition coefficient (Wildman–Crippen LogP) is 2.32. The number of aryl methyl sites for hydroxylation is 1. The van der Waals surface area contributed by atoms with Crippen LogP contribution in [0.25, 0.3) is 0 Å². The summed E-state index contributed by atoms with van der Waals surface area (Å²) in [4.78, 5) is 11.9. The third-order valence-electron chi connectivity index (χ3n) is 2.54. The van der Waals surface area contributed by atoms with Crippen LogP contribution in [0.3, 0.4) is 0 Å². The van der Waals surface area contributed by atoms with E-state index in [1.54, 1.807) is 24.3 Å². The Balaban J connectivity index is 2.09. The minimum Gasteiger partial charge on any atom is -0.507 e. The van der Waals surface area contributed by atoms with Gasteiger partial charge in [0.2, 0.25) is 0 Å². The number of aromatic hydroxyl groups is 1. The first-order valence-electron chi connectivity index (χ1n) is 5.84. The third kappa shape index (κ3) is 2.68. The Hall–Kier alpha value is -2.30. The van der Waals surface area contributed by atoms with Gasteiger partial charge in [0.25, 0.3) is 5.91 Å². The average molecular weight is 245 g/mol. The lowest BCUT2D eigenvalue weighted by atomic mass is 10.2. The summed E-state index contributed by atoms with van der Waals surface area (Å²) in [6, 6.07) is 8.19. The van der Waals surface area contributed by atoms with E-state index in [2.05, 4.69) is 22.4 Å². The monoisotopic (exact) mass is 245 g/mol. The Bertz CT molecular complexity index is 549. The van der Waals surface area contributed by atoms with Gasteiger partial charge in [0, 0.05) is 11.8 Å². The van der Waals surface area contributed by atoms with E-state index in [-0.39, 0.29) is 17.2 Å². The Morgan fingerprint density at radius 1 is 1.44 bits per heavy atom. The fraction of sp³-hybridized carbons (Fsp3) is 0.231. The molecule has 1 heterocycles. The molecule has 1 aromatic heterocycles. The van der Waals surface area contributed by atoms with Crippen molar-refractivity contribution in [3.63, 3.8) is 0 Å². The number of anilines is 1. The van der Waals surface area contributed by atoms with Gasteiger partial charge in [-0.15, -0.1) is 0 Å². The lowest BCUT2D eigenvalue weighted by molar-refractivity contribution is 0.102. The summed E-state index contributed by atoms with van der Waals surface area (Å²) in [5.74, 6) is 0.0497. The van der Waals surface area contributed by atoms with Crippen molar-refractivity contribution in [3.05, 3.63) is 41.6 Å². The van der Waals surface area contributed by atoms with Crippen molar-refractivity contribution >= 4 is 11.7 Å². The molecule has 0 aliphatic carbocycles. The summed E-state index contributed by atoms with van der Waals surface area (Å²) in [7, 11) is 0. The molecular weight excluding hydrogens is 230 g/mol. The van der Waals surface area contributed by atoms with Crippen LogP contribution in [0.5, 0.6) is 5.75 Å². The number of aromatic nitrogens is 2. The van der Waals surface area contributed by atoms with Gasteiger partial charge in [-0.25, -0.2) is 0 Å². The van der Waals surface area contributed by atoms with Crippen LogP contribution >= 0.6 is 0 Å². The molecule has 1 aromatic carbocycles. The van der Waals surface area contributed by atoms with Crippen LogP contribution in [0.15, 0.2) is 30.3 Å². The molecule has 0 saturated carbocycles. The number of H-pyrrole nitrogens is 1. The Morgan fingerprint density at radius 3 is 2.94 bits per heavy atom. The maximum atomic E-state index is 11.9. The molecule has 5 nitrogen and oxygen atoms in total. The van der Waals surface area contributed by atoms with E-state index in [4.69, 9.17) is 0 Å². The number of hydrogen-bond donors (Lipinski definition) is 3. The van der Waals surface area contributed by atoms with E-state index in [9.17, 15) is 9.90 Å². The number of carbonyl (C=O) groups is 1. The van der Waals surface area contributed by atoms with Gasteiger partial charge < -0.3 is 10.4 Å². The van der Waals surface area contributed by atoms with E-state index in [1.165, 1.54) is 6.07 Å². The van der Waals surface area contributed by atoms with E-state index >= 15 is 0 Å². The number of para-hydroxylation sites is 1. The van der Waals surface area contributed by atoms with E-state index in [0.717, 1.165) is 18.5 Å². The van der Waals surface area contributed by atoms with Crippen LogP contribution in [0.4, 0.5) is 5.82 Å². The highest BCUT2D eigenvalue weighted by Gasteiger charge is 2.11. The normalized spacial score (nSPS) is 10.3. The summed E-state index contributed by atoms with van der Waals surface area (Å²) in [5.41, 5.74) is 1.21. The number of nitrogens with zero attached hydrogens (tertiary/aromatic N) is 1. The second kappa shape index (κ2) is 5.35. The first-order valence-corrected chi connectivity index (χ1v) is 5.84. The Morgan fingerprint density at radius 2 is 2.22 bits per heavy atom. The fourth-order valence-electron chi connectivity index (χ4n) is 1.67. The molecule has 0 atom stereocenters. The molecule has 2 rings (SSSR count). The summed E-state index contributed by atoms with van der Waals surface area (Å²) in [5, 5.41) is 19.0. The Labute approximate surface area is 105 Å². The molecule has 0 spiro atoms. The molecule has 94 valence electrons. The SMILES string of the molecule is CCCc1cc(NC(=O)c2ccccc2O)n[nH]1. The molecular formula is C13H15N3O2. The first kappa shape index (κ1) is 12.2. The smallest absolute Gasteiger partial charge is 0.260 e. The summed E-state index contributed by atoms with van der Waals surface area (Å²) >= 11 is 0. The van der Waals surface area contributed by atoms with Gasteiger partial charge >= 0.3 is 0 Å². The van der Waals surface area contributed by atoms with Crippen LogP contribution in [-0.2, 0) is 6.42 Å². The van der Waals surface area contributed by atoms with Crippen LogP contribution in [0.1, 0.15) is 29.4 Å². The highest BCUT2D eigenvalue weighted by Crippen LogP contribution is 2.17. The molecule has 0 fully saturated rings. The fourth-order valence-corrected chi connectivity index (χ4v) is 1.67. The zero-order chi connectivity index (χ0) is 13.0. The predicted molar refractivity (Wildman–Crippen MR) is 68.6 cm³/mol. The number of nitrogens with one attached hydrogen (secondary N) is 2. The number of phenols is 1. The molecule has 1 amide bonds. The summed E-state index contributed by atoms with van der Waals surface area (Å²) in [6.07, 6.45) is 1.90. The maximum absolute atomic E-state index is 11.9. The minimum atomic E-state index is -0.373. The van der Waals surface area contributed by atoms with Gasteiger partial charge in [0.05, 0.1) is 5.56 Å². The number of hydrogen-bond acceptors (Lipinski definition) is 3. The molecule has 3 N–H and O–H groups in total. The molecule has 0 aliphatic rings. The van der Waals surface area contributed by atoms with Crippen LogP contribution in [0, 0.1) is 0 Å². The number of carbonyl (C=O) groups excluding carboxylic acids is 1. The molecule has 0 saturated heterocycles. The Kier molecular flexibility index (Phi) is 3.62. The lowest BCUT2D eigenvalue weighted by Crippen LogP contribution is -2.12.